The van der Waals surface area contributed by atoms with Gasteiger partial charge in [0.1, 0.15) is 0 Å². The van der Waals surface area contributed by atoms with Gasteiger partial charge in [-0.3, -0.25) is 4.79 Å². The molecule has 0 N–H and O–H groups in total. The first-order valence-corrected chi connectivity index (χ1v) is 9.44. The van der Waals surface area contributed by atoms with Crippen LogP contribution in [0.3, 0.4) is 0 Å². The molecule has 1 amide bonds. The van der Waals surface area contributed by atoms with E-state index in [0.29, 0.717) is 4.80 Å². The maximum Gasteiger partial charge on any atom is 0.252 e. The Kier molecular flexibility index (Phi) is 3.72. The summed E-state index contributed by atoms with van der Waals surface area (Å²) in [6.07, 6.45) is 0.276. The van der Waals surface area contributed by atoms with Crippen molar-refractivity contribution in [3.8, 4) is 11.5 Å². The van der Waals surface area contributed by atoms with Crippen molar-refractivity contribution in [1.29, 1.82) is 0 Å². The Morgan fingerprint density at radius 1 is 1.11 bits per heavy atom. The van der Waals surface area contributed by atoms with Gasteiger partial charge in [0.25, 0.3) is 5.91 Å². The van der Waals surface area contributed by atoms with Gasteiger partial charge in [-0.1, -0.05) is 53.8 Å². The second-order valence-corrected chi connectivity index (χ2v) is 7.45. The third-order valence-electron chi connectivity index (χ3n) is 4.75. The number of hydrogen-bond donors (Lipinski definition) is 0. The predicted molar refractivity (Wildman–Crippen MR) is 105 cm³/mol. The van der Waals surface area contributed by atoms with Crippen molar-refractivity contribution in [2.24, 2.45) is 12.0 Å². The molecule has 6 heteroatoms. The maximum atomic E-state index is 12.6. The molecule has 5 rings (SSSR count). The van der Waals surface area contributed by atoms with Gasteiger partial charge in [-0.15, -0.1) is 0 Å². The minimum atomic E-state index is -0.159. The largest absolute Gasteiger partial charge is 0.454 e. The van der Waals surface area contributed by atoms with E-state index in [4.69, 9.17) is 9.47 Å². The summed E-state index contributed by atoms with van der Waals surface area (Å²) in [4.78, 5) is 17.7. The third-order valence-corrected chi connectivity index (χ3v) is 5.84. The lowest BCUT2D eigenvalue weighted by Crippen LogP contribution is -2.14. The van der Waals surface area contributed by atoms with Gasteiger partial charge in [-0.2, -0.15) is 4.99 Å². The fraction of sp³-hybridized carbons (Fsp3) is 0.143. The van der Waals surface area contributed by atoms with Crippen molar-refractivity contribution in [1.82, 2.24) is 4.57 Å². The van der Waals surface area contributed by atoms with E-state index in [1.807, 2.05) is 54.1 Å². The molecule has 3 aromatic carbocycles. The lowest BCUT2D eigenvalue weighted by atomic mass is 10.0. The molecule has 0 saturated heterocycles. The highest BCUT2D eigenvalue weighted by molar-refractivity contribution is 7.16. The summed E-state index contributed by atoms with van der Waals surface area (Å²) in [7, 11) is 1.91. The second kappa shape index (κ2) is 6.25. The Hall–Kier alpha value is -3.12. The maximum absolute atomic E-state index is 12.6. The van der Waals surface area contributed by atoms with Crippen molar-refractivity contribution in [2.45, 2.75) is 6.42 Å². The molecule has 2 heterocycles. The van der Waals surface area contributed by atoms with Gasteiger partial charge in [-0.05, 0) is 16.3 Å². The van der Waals surface area contributed by atoms with Gasteiger partial charge >= 0.3 is 0 Å². The van der Waals surface area contributed by atoms with Gasteiger partial charge in [0.2, 0.25) is 6.79 Å². The van der Waals surface area contributed by atoms with E-state index in [9.17, 15) is 4.79 Å². The molecule has 0 aliphatic carbocycles. The fourth-order valence-electron chi connectivity index (χ4n) is 3.38. The summed E-state index contributed by atoms with van der Waals surface area (Å²) < 4.78 is 13.8. The summed E-state index contributed by atoms with van der Waals surface area (Å²) in [5.74, 6) is 1.30. The Labute approximate surface area is 159 Å². The average molecular weight is 376 g/mol. The van der Waals surface area contributed by atoms with Gasteiger partial charge in [-0.25, -0.2) is 0 Å². The Balaban J connectivity index is 1.52. The first-order valence-electron chi connectivity index (χ1n) is 8.62. The number of carbonyl (C=O) groups is 1. The molecule has 4 aromatic rings. The van der Waals surface area contributed by atoms with Crippen LogP contribution >= 0.6 is 11.3 Å². The summed E-state index contributed by atoms with van der Waals surface area (Å²) in [6.45, 7) is 0.247. The van der Waals surface area contributed by atoms with E-state index in [1.165, 1.54) is 11.3 Å². The fourth-order valence-corrected chi connectivity index (χ4v) is 4.43. The first-order chi connectivity index (χ1) is 13.2. The SMILES string of the molecule is Cn1c(=NC(=O)Cc2cccc3ccccc23)sc2cc3c(cc21)OCO3. The number of benzene rings is 3. The third kappa shape index (κ3) is 2.78. The van der Waals surface area contributed by atoms with E-state index < -0.39 is 0 Å². The van der Waals surface area contributed by atoms with Crippen LogP contribution in [0.25, 0.3) is 21.0 Å². The standard InChI is InChI=1S/C21H16N2O3S/c1-23-16-10-17-18(26-12-25-17)11-19(16)27-21(23)22-20(24)9-14-7-4-6-13-5-2-3-8-15(13)14/h2-8,10-11H,9,12H2,1H3. The van der Waals surface area contributed by atoms with Crippen LogP contribution < -0.4 is 14.3 Å². The number of carbonyl (C=O) groups excluding carboxylic acids is 1. The molecule has 27 heavy (non-hydrogen) atoms. The molecule has 0 fully saturated rings. The summed E-state index contributed by atoms with van der Waals surface area (Å²) >= 11 is 1.47. The zero-order chi connectivity index (χ0) is 18.4. The van der Waals surface area contributed by atoms with Crippen molar-refractivity contribution >= 4 is 38.2 Å². The number of ether oxygens (including phenoxy) is 2. The van der Waals surface area contributed by atoms with Crippen LogP contribution in [0.4, 0.5) is 0 Å². The molecule has 0 bridgehead atoms. The highest BCUT2D eigenvalue weighted by Gasteiger charge is 2.17. The van der Waals surface area contributed by atoms with E-state index >= 15 is 0 Å². The van der Waals surface area contributed by atoms with Crippen LogP contribution in [-0.2, 0) is 18.3 Å². The Morgan fingerprint density at radius 2 is 1.89 bits per heavy atom. The van der Waals surface area contributed by atoms with Crippen molar-refractivity contribution in [3.63, 3.8) is 0 Å². The number of fused-ring (bicyclic) bond motifs is 3. The molecular weight excluding hydrogens is 360 g/mol. The van der Waals surface area contributed by atoms with Crippen molar-refractivity contribution < 1.29 is 14.3 Å². The molecule has 0 atom stereocenters. The Bertz CT molecular complexity index is 1260. The van der Waals surface area contributed by atoms with Crippen LogP contribution in [0, 0.1) is 0 Å². The number of nitrogens with zero attached hydrogens (tertiary/aromatic N) is 2. The van der Waals surface area contributed by atoms with E-state index in [2.05, 4.69) is 17.1 Å². The molecule has 134 valence electrons. The Morgan fingerprint density at radius 3 is 2.78 bits per heavy atom. The van der Waals surface area contributed by atoms with E-state index in [1.54, 1.807) is 0 Å². The van der Waals surface area contributed by atoms with Gasteiger partial charge in [0.05, 0.1) is 16.6 Å². The molecule has 0 saturated carbocycles. The second-order valence-electron chi connectivity index (χ2n) is 6.44. The molecule has 0 spiro atoms. The van der Waals surface area contributed by atoms with Crippen LogP contribution in [0.5, 0.6) is 11.5 Å². The number of hydrogen-bond acceptors (Lipinski definition) is 4. The number of amides is 1. The lowest BCUT2D eigenvalue weighted by Gasteiger charge is -2.04. The zero-order valence-corrected chi connectivity index (χ0v) is 15.5. The molecule has 5 nitrogen and oxygen atoms in total. The van der Waals surface area contributed by atoms with Crippen LogP contribution in [0.1, 0.15) is 5.56 Å². The topological polar surface area (TPSA) is 52.8 Å². The number of aromatic nitrogens is 1. The normalized spacial score (nSPS) is 13.6. The predicted octanol–water partition coefficient (Wildman–Crippen LogP) is 3.79. The minimum absolute atomic E-state index is 0.159. The number of thiazole rings is 1. The van der Waals surface area contributed by atoms with Crippen LogP contribution in [0.15, 0.2) is 59.6 Å². The van der Waals surface area contributed by atoms with Crippen LogP contribution in [0.2, 0.25) is 0 Å². The van der Waals surface area contributed by atoms with Gasteiger partial charge in [0.15, 0.2) is 16.3 Å². The highest BCUT2D eigenvalue weighted by Crippen LogP contribution is 2.36. The summed E-state index contributed by atoms with van der Waals surface area (Å²) in [5.41, 5.74) is 1.97. The summed E-state index contributed by atoms with van der Waals surface area (Å²) in [5, 5.41) is 2.22. The molecular formula is C21H16N2O3S. The van der Waals surface area contributed by atoms with Crippen molar-refractivity contribution in [2.75, 3.05) is 6.79 Å². The van der Waals surface area contributed by atoms with Crippen molar-refractivity contribution in [3.05, 3.63) is 65.0 Å². The smallest absolute Gasteiger partial charge is 0.252 e. The summed E-state index contributed by atoms with van der Waals surface area (Å²) in [6, 6.07) is 18.0. The molecule has 1 aliphatic rings. The lowest BCUT2D eigenvalue weighted by molar-refractivity contribution is -0.117. The highest BCUT2D eigenvalue weighted by atomic mass is 32.1. The molecule has 1 aromatic heterocycles. The average Bonchev–Trinajstić information content (AvgIpc) is 3.25. The van der Waals surface area contributed by atoms with Gasteiger partial charge in [0, 0.05) is 19.2 Å². The number of aryl methyl sites for hydroxylation is 1. The quantitative estimate of drug-likeness (QED) is 0.535. The monoisotopic (exact) mass is 376 g/mol. The zero-order valence-electron chi connectivity index (χ0n) is 14.6. The molecule has 0 unspecified atom stereocenters. The minimum Gasteiger partial charge on any atom is -0.454 e. The van der Waals surface area contributed by atoms with E-state index in [-0.39, 0.29) is 19.1 Å². The van der Waals surface area contributed by atoms with Gasteiger partial charge < -0.3 is 14.0 Å². The molecule has 1 aliphatic heterocycles. The first kappa shape index (κ1) is 16.1. The van der Waals surface area contributed by atoms with E-state index in [0.717, 1.165) is 38.1 Å². The van der Waals surface area contributed by atoms with Crippen LogP contribution in [-0.4, -0.2) is 17.3 Å². The molecule has 0 radical (unpaired) electrons. The number of rotatable bonds is 2.